The minimum Gasteiger partial charge on any atom is -0.354 e. The van der Waals surface area contributed by atoms with Crippen molar-refractivity contribution in [2.24, 2.45) is 0 Å². The number of anilines is 2. The fourth-order valence-electron chi connectivity index (χ4n) is 3.45. The molecular formula is C22H23FN4. The van der Waals surface area contributed by atoms with Gasteiger partial charge in [-0.1, -0.05) is 36.4 Å². The molecule has 0 unspecified atom stereocenters. The molecule has 2 heterocycles. The van der Waals surface area contributed by atoms with E-state index in [1.807, 2.05) is 25.1 Å². The van der Waals surface area contributed by atoms with Gasteiger partial charge in [0.05, 0.1) is 0 Å². The maximum atomic E-state index is 13.0. The molecule has 0 spiro atoms. The third-order valence-corrected chi connectivity index (χ3v) is 4.91. The van der Waals surface area contributed by atoms with Gasteiger partial charge in [-0.15, -0.1) is 0 Å². The van der Waals surface area contributed by atoms with Crippen molar-refractivity contribution in [3.8, 4) is 0 Å². The van der Waals surface area contributed by atoms with Gasteiger partial charge in [0.1, 0.15) is 11.6 Å². The van der Waals surface area contributed by atoms with E-state index < -0.39 is 0 Å². The number of fused-ring (bicyclic) bond motifs is 1. The Morgan fingerprint density at radius 3 is 2.63 bits per heavy atom. The van der Waals surface area contributed by atoms with Gasteiger partial charge in [0.15, 0.2) is 0 Å². The second kappa shape index (κ2) is 7.74. The van der Waals surface area contributed by atoms with Crippen LogP contribution >= 0.6 is 0 Å². The lowest BCUT2D eigenvalue weighted by Crippen LogP contribution is -2.31. The SMILES string of the molecule is Cc1cc(N2CCc3ccccc3C2)nc(NCCc2ccc(F)cc2)n1. The second-order valence-corrected chi connectivity index (χ2v) is 6.93. The van der Waals surface area contributed by atoms with Crippen LogP contribution < -0.4 is 10.2 Å². The van der Waals surface area contributed by atoms with Crippen LogP contribution in [-0.4, -0.2) is 23.1 Å². The molecule has 1 aromatic heterocycles. The third kappa shape index (κ3) is 4.25. The average molecular weight is 362 g/mol. The summed E-state index contributed by atoms with van der Waals surface area (Å²) in [5.74, 6) is 1.40. The average Bonchev–Trinajstić information content (AvgIpc) is 2.69. The van der Waals surface area contributed by atoms with Crippen LogP contribution in [0.5, 0.6) is 0 Å². The van der Waals surface area contributed by atoms with Crippen LogP contribution in [0, 0.1) is 12.7 Å². The highest BCUT2D eigenvalue weighted by Crippen LogP contribution is 2.24. The highest BCUT2D eigenvalue weighted by Gasteiger charge is 2.18. The summed E-state index contributed by atoms with van der Waals surface area (Å²) in [6.45, 7) is 4.54. The van der Waals surface area contributed by atoms with Gasteiger partial charge in [-0.05, 0) is 48.6 Å². The smallest absolute Gasteiger partial charge is 0.224 e. The summed E-state index contributed by atoms with van der Waals surface area (Å²) in [5, 5.41) is 3.30. The van der Waals surface area contributed by atoms with Crippen LogP contribution in [-0.2, 0) is 19.4 Å². The van der Waals surface area contributed by atoms with Crippen LogP contribution in [0.25, 0.3) is 0 Å². The van der Waals surface area contributed by atoms with Crippen molar-refractivity contribution in [2.45, 2.75) is 26.3 Å². The van der Waals surface area contributed by atoms with E-state index >= 15 is 0 Å². The molecule has 3 aromatic rings. The molecular weight excluding hydrogens is 339 g/mol. The zero-order valence-electron chi connectivity index (χ0n) is 15.5. The van der Waals surface area contributed by atoms with Crippen molar-refractivity contribution in [1.29, 1.82) is 0 Å². The Kier molecular flexibility index (Phi) is 5.01. The van der Waals surface area contributed by atoms with Gasteiger partial charge in [0, 0.05) is 31.4 Å². The number of rotatable bonds is 5. The Balaban J connectivity index is 1.43. The molecule has 0 aliphatic carbocycles. The van der Waals surface area contributed by atoms with E-state index in [0.717, 1.165) is 43.0 Å². The molecule has 0 bridgehead atoms. The van der Waals surface area contributed by atoms with Crippen molar-refractivity contribution < 1.29 is 4.39 Å². The molecule has 0 atom stereocenters. The summed E-state index contributed by atoms with van der Waals surface area (Å²) in [5.41, 5.74) is 4.83. The van der Waals surface area contributed by atoms with E-state index in [2.05, 4.69) is 39.5 Å². The molecule has 27 heavy (non-hydrogen) atoms. The van der Waals surface area contributed by atoms with Crippen LogP contribution in [0.1, 0.15) is 22.4 Å². The number of hydrogen-bond acceptors (Lipinski definition) is 4. The Morgan fingerprint density at radius 2 is 1.81 bits per heavy atom. The summed E-state index contributed by atoms with van der Waals surface area (Å²) < 4.78 is 13.0. The van der Waals surface area contributed by atoms with Gasteiger partial charge in [0.2, 0.25) is 5.95 Å². The molecule has 1 aliphatic heterocycles. The second-order valence-electron chi connectivity index (χ2n) is 6.93. The Hall–Kier alpha value is -2.95. The van der Waals surface area contributed by atoms with E-state index in [1.54, 1.807) is 0 Å². The molecule has 1 aliphatic rings. The molecule has 0 radical (unpaired) electrons. The maximum Gasteiger partial charge on any atom is 0.224 e. The number of benzene rings is 2. The summed E-state index contributed by atoms with van der Waals surface area (Å²) in [4.78, 5) is 11.5. The van der Waals surface area contributed by atoms with E-state index in [-0.39, 0.29) is 5.82 Å². The molecule has 4 nitrogen and oxygen atoms in total. The van der Waals surface area contributed by atoms with E-state index in [4.69, 9.17) is 4.98 Å². The Labute approximate surface area is 159 Å². The zero-order valence-corrected chi connectivity index (χ0v) is 15.5. The van der Waals surface area contributed by atoms with Crippen molar-refractivity contribution in [2.75, 3.05) is 23.3 Å². The monoisotopic (exact) mass is 362 g/mol. The first-order chi connectivity index (χ1) is 13.2. The first-order valence-electron chi connectivity index (χ1n) is 9.33. The van der Waals surface area contributed by atoms with E-state index in [1.165, 1.54) is 23.3 Å². The van der Waals surface area contributed by atoms with Gasteiger partial charge in [-0.25, -0.2) is 9.37 Å². The molecule has 4 rings (SSSR count). The summed E-state index contributed by atoms with van der Waals surface area (Å²) in [7, 11) is 0. The summed E-state index contributed by atoms with van der Waals surface area (Å²) in [6, 6.07) is 17.2. The van der Waals surface area contributed by atoms with Gasteiger partial charge in [-0.3, -0.25) is 0 Å². The molecule has 5 heteroatoms. The number of hydrogen-bond donors (Lipinski definition) is 1. The fourth-order valence-corrected chi connectivity index (χ4v) is 3.45. The molecule has 0 saturated carbocycles. The van der Waals surface area contributed by atoms with Crippen LogP contribution in [0.15, 0.2) is 54.6 Å². The number of aromatic nitrogens is 2. The highest BCUT2D eigenvalue weighted by atomic mass is 19.1. The minimum absolute atomic E-state index is 0.207. The van der Waals surface area contributed by atoms with Crippen LogP contribution in [0.4, 0.5) is 16.2 Å². The quantitative estimate of drug-likeness (QED) is 0.741. The summed E-state index contributed by atoms with van der Waals surface area (Å²) >= 11 is 0. The first-order valence-corrected chi connectivity index (χ1v) is 9.33. The lowest BCUT2D eigenvalue weighted by molar-refractivity contribution is 0.627. The largest absolute Gasteiger partial charge is 0.354 e. The van der Waals surface area contributed by atoms with Crippen molar-refractivity contribution in [1.82, 2.24) is 9.97 Å². The van der Waals surface area contributed by atoms with E-state index in [0.29, 0.717) is 12.5 Å². The summed E-state index contributed by atoms with van der Waals surface area (Å²) in [6.07, 6.45) is 1.83. The zero-order chi connectivity index (χ0) is 18.6. The molecule has 1 N–H and O–H groups in total. The maximum absolute atomic E-state index is 13.0. The molecule has 138 valence electrons. The molecule has 0 amide bonds. The molecule has 2 aromatic carbocycles. The first kappa shape index (κ1) is 17.5. The lowest BCUT2D eigenvalue weighted by Gasteiger charge is -2.30. The Bertz CT molecular complexity index is 924. The standard InChI is InChI=1S/C22H23FN4/c1-16-14-21(27-13-11-18-4-2-3-5-19(18)15-27)26-22(25-16)24-12-10-17-6-8-20(23)9-7-17/h2-9,14H,10-13,15H2,1H3,(H,24,25,26). The van der Waals surface area contributed by atoms with E-state index in [9.17, 15) is 4.39 Å². The minimum atomic E-state index is -0.207. The predicted molar refractivity (Wildman–Crippen MR) is 107 cm³/mol. The van der Waals surface area contributed by atoms with Crippen molar-refractivity contribution in [3.05, 3.63) is 82.8 Å². The molecule has 0 fully saturated rings. The van der Waals surface area contributed by atoms with Crippen LogP contribution in [0.3, 0.4) is 0 Å². The van der Waals surface area contributed by atoms with Gasteiger partial charge >= 0.3 is 0 Å². The fraction of sp³-hybridized carbons (Fsp3) is 0.273. The number of aryl methyl sites for hydroxylation is 1. The highest BCUT2D eigenvalue weighted by molar-refractivity contribution is 5.48. The van der Waals surface area contributed by atoms with Gasteiger partial charge in [-0.2, -0.15) is 4.98 Å². The van der Waals surface area contributed by atoms with Gasteiger partial charge in [0.25, 0.3) is 0 Å². The van der Waals surface area contributed by atoms with Crippen LogP contribution in [0.2, 0.25) is 0 Å². The predicted octanol–water partition coefficient (Wildman–Crippen LogP) is 4.14. The van der Waals surface area contributed by atoms with Crippen molar-refractivity contribution in [3.63, 3.8) is 0 Å². The normalized spacial score (nSPS) is 13.3. The third-order valence-electron chi connectivity index (χ3n) is 4.91. The van der Waals surface area contributed by atoms with Crippen molar-refractivity contribution >= 4 is 11.8 Å². The topological polar surface area (TPSA) is 41.1 Å². The number of nitrogens with one attached hydrogen (secondary N) is 1. The number of halogens is 1. The number of nitrogens with zero attached hydrogens (tertiary/aromatic N) is 3. The lowest BCUT2D eigenvalue weighted by atomic mass is 10.00. The van der Waals surface area contributed by atoms with Gasteiger partial charge < -0.3 is 10.2 Å². The Morgan fingerprint density at radius 1 is 1.04 bits per heavy atom. The molecule has 0 saturated heterocycles.